The van der Waals surface area contributed by atoms with Gasteiger partial charge in [-0.15, -0.1) is 0 Å². The molecule has 0 saturated carbocycles. The molecule has 1 N–H and O–H groups in total. The number of halogens is 2. The predicted molar refractivity (Wildman–Crippen MR) is 83.1 cm³/mol. The standard InChI is InChI=1S/C16H22F2N2O3/c1-16(2,3)23-14(21)6-5-9-20(4)15(22)19-13-8-7-11(17)10-12(13)18/h7-8,10H,5-6,9H2,1-4H3,(H,19,22). The molecule has 0 radical (unpaired) electrons. The van der Waals surface area contributed by atoms with Gasteiger partial charge in [-0.1, -0.05) is 0 Å². The van der Waals surface area contributed by atoms with Gasteiger partial charge in [0.2, 0.25) is 0 Å². The topological polar surface area (TPSA) is 58.6 Å². The highest BCUT2D eigenvalue weighted by Gasteiger charge is 2.17. The number of nitrogens with zero attached hydrogens (tertiary/aromatic N) is 1. The molecular weight excluding hydrogens is 306 g/mol. The maximum Gasteiger partial charge on any atom is 0.321 e. The van der Waals surface area contributed by atoms with Crippen LogP contribution in [0.25, 0.3) is 0 Å². The Morgan fingerprint density at radius 2 is 1.91 bits per heavy atom. The van der Waals surface area contributed by atoms with Crippen molar-refractivity contribution >= 4 is 17.7 Å². The average molecular weight is 328 g/mol. The maximum atomic E-state index is 13.5. The zero-order valence-corrected chi connectivity index (χ0v) is 13.8. The molecule has 23 heavy (non-hydrogen) atoms. The number of benzene rings is 1. The van der Waals surface area contributed by atoms with Crippen LogP contribution < -0.4 is 5.32 Å². The molecule has 5 nitrogen and oxygen atoms in total. The van der Waals surface area contributed by atoms with Gasteiger partial charge in [0.1, 0.15) is 17.2 Å². The molecule has 7 heteroatoms. The van der Waals surface area contributed by atoms with Gasteiger partial charge in [0.05, 0.1) is 5.69 Å². The van der Waals surface area contributed by atoms with E-state index in [-0.39, 0.29) is 18.1 Å². The number of nitrogens with one attached hydrogen (secondary N) is 1. The molecule has 1 aromatic carbocycles. The molecule has 1 aromatic rings. The third-order valence-corrected chi connectivity index (χ3v) is 2.81. The summed E-state index contributed by atoms with van der Waals surface area (Å²) in [7, 11) is 1.52. The van der Waals surface area contributed by atoms with Crippen LogP contribution in [0.4, 0.5) is 19.3 Å². The van der Waals surface area contributed by atoms with Crippen LogP contribution in [0.5, 0.6) is 0 Å². The van der Waals surface area contributed by atoms with E-state index < -0.39 is 23.3 Å². The third kappa shape index (κ3) is 7.08. The van der Waals surface area contributed by atoms with E-state index in [1.807, 2.05) is 0 Å². The molecule has 0 aromatic heterocycles. The van der Waals surface area contributed by atoms with Crippen LogP contribution in [-0.4, -0.2) is 36.1 Å². The molecule has 0 fully saturated rings. The first-order valence-corrected chi connectivity index (χ1v) is 7.27. The molecule has 1 rings (SSSR count). The number of carbonyl (C=O) groups excluding carboxylic acids is 2. The van der Waals surface area contributed by atoms with Crippen LogP contribution >= 0.6 is 0 Å². The van der Waals surface area contributed by atoms with Crippen molar-refractivity contribution in [3.63, 3.8) is 0 Å². The van der Waals surface area contributed by atoms with Crippen molar-refractivity contribution in [2.75, 3.05) is 18.9 Å². The van der Waals surface area contributed by atoms with Crippen molar-refractivity contribution in [1.29, 1.82) is 0 Å². The number of amides is 2. The molecule has 0 saturated heterocycles. The van der Waals surface area contributed by atoms with Crippen LogP contribution in [0, 0.1) is 11.6 Å². The summed E-state index contributed by atoms with van der Waals surface area (Å²) in [4.78, 5) is 24.8. The Morgan fingerprint density at radius 1 is 1.26 bits per heavy atom. The molecule has 128 valence electrons. The average Bonchev–Trinajstić information content (AvgIpc) is 2.39. The van der Waals surface area contributed by atoms with Gasteiger partial charge >= 0.3 is 12.0 Å². The minimum absolute atomic E-state index is 0.101. The summed E-state index contributed by atoms with van der Waals surface area (Å²) in [6.07, 6.45) is 0.602. The molecule has 0 unspecified atom stereocenters. The van der Waals surface area contributed by atoms with Gasteiger partial charge in [0.15, 0.2) is 0 Å². The Bertz CT molecular complexity index is 571. The monoisotopic (exact) mass is 328 g/mol. The van der Waals surface area contributed by atoms with E-state index >= 15 is 0 Å². The normalized spacial score (nSPS) is 11.0. The SMILES string of the molecule is CN(CCCC(=O)OC(C)(C)C)C(=O)Nc1ccc(F)cc1F. The van der Waals surface area contributed by atoms with Crippen molar-refractivity contribution in [2.24, 2.45) is 0 Å². The maximum absolute atomic E-state index is 13.5. The molecule has 2 amide bonds. The molecule has 0 aliphatic carbocycles. The lowest BCUT2D eigenvalue weighted by Gasteiger charge is -2.21. The fourth-order valence-electron chi connectivity index (χ4n) is 1.76. The largest absolute Gasteiger partial charge is 0.460 e. The highest BCUT2D eigenvalue weighted by atomic mass is 19.1. The molecule has 0 aliphatic rings. The minimum Gasteiger partial charge on any atom is -0.460 e. The minimum atomic E-state index is -0.847. The number of urea groups is 1. The zero-order valence-electron chi connectivity index (χ0n) is 13.8. The smallest absolute Gasteiger partial charge is 0.321 e. The van der Waals surface area contributed by atoms with E-state index in [4.69, 9.17) is 4.74 Å². The van der Waals surface area contributed by atoms with Gasteiger partial charge in [-0.25, -0.2) is 13.6 Å². The summed E-state index contributed by atoms with van der Waals surface area (Å²) >= 11 is 0. The zero-order chi connectivity index (χ0) is 17.6. The molecular formula is C16H22F2N2O3. The van der Waals surface area contributed by atoms with Crippen molar-refractivity contribution in [3.05, 3.63) is 29.8 Å². The van der Waals surface area contributed by atoms with E-state index in [9.17, 15) is 18.4 Å². The number of hydrogen-bond acceptors (Lipinski definition) is 3. The number of esters is 1. The fourth-order valence-corrected chi connectivity index (χ4v) is 1.76. The molecule has 0 atom stereocenters. The Labute approximate surface area is 134 Å². The second-order valence-corrected chi connectivity index (χ2v) is 6.17. The first-order valence-electron chi connectivity index (χ1n) is 7.27. The first kappa shape index (κ1) is 18.9. The van der Waals surface area contributed by atoms with Crippen LogP contribution in [0.1, 0.15) is 33.6 Å². The summed E-state index contributed by atoms with van der Waals surface area (Å²) in [5, 5.41) is 2.34. The van der Waals surface area contributed by atoms with E-state index in [1.54, 1.807) is 20.8 Å². The van der Waals surface area contributed by atoms with Gasteiger partial charge in [-0.3, -0.25) is 4.79 Å². The van der Waals surface area contributed by atoms with Crippen LogP contribution in [0.2, 0.25) is 0 Å². The number of rotatable bonds is 5. The summed E-state index contributed by atoms with van der Waals surface area (Å²) in [6, 6.07) is 2.36. The van der Waals surface area contributed by atoms with E-state index in [0.717, 1.165) is 12.1 Å². The molecule has 0 bridgehead atoms. The molecule has 0 heterocycles. The highest BCUT2D eigenvalue weighted by Crippen LogP contribution is 2.15. The van der Waals surface area contributed by atoms with Crippen molar-refractivity contribution < 1.29 is 23.1 Å². The summed E-state index contributed by atoms with van der Waals surface area (Å²) in [5.41, 5.74) is -0.643. The first-order chi connectivity index (χ1) is 10.6. The van der Waals surface area contributed by atoms with Gasteiger partial charge in [0.25, 0.3) is 0 Å². The summed E-state index contributed by atoms with van der Waals surface area (Å²) in [5.74, 6) is -1.90. The van der Waals surface area contributed by atoms with Crippen LogP contribution in [0.3, 0.4) is 0 Å². The number of carbonyl (C=O) groups is 2. The number of hydrogen-bond donors (Lipinski definition) is 1. The second kappa shape index (κ2) is 7.89. The Kier molecular flexibility index (Phi) is 6.48. The number of ether oxygens (including phenoxy) is 1. The van der Waals surface area contributed by atoms with Crippen LogP contribution in [-0.2, 0) is 9.53 Å². The second-order valence-electron chi connectivity index (χ2n) is 6.17. The van der Waals surface area contributed by atoms with Gasteiger partial charge in [0, 0.05) is 26.1 Å². The predicted octanol–water partition coefficient (Wildman–Crippen LogP) is 3.55. The lowest BCUT2D eigenvalue weighted by atomic mass is 10.2. The lowest BCUT2D eigenvalue weighted by Crippen LogP contribution is -2.33. The van der Waals surface area contributed by atoms with E-state index in [2.05, 4.69) is 5.32 Å². The Balaban J connectivity index is 2.41. The highest BCUT2D eigenvalue weighted by molar-refractivity contribution is 5.89. The quantitative estimate of drug-likeness (QED) is 0.841. The van der Waals surface area contributed by atoms with Gasteiger partial charge in [-0.2, -0.15) is 0 Å². The lowest BCUT2D eigenvalue weighted by molar-refractivity contribution is -0.154. The van der Waals surface area contributed by atoms with Gasteiger partial charge < -0.3 is 15.0 Å². The molecule has 0 aliphatic heterocycles. The van der Waals surface area contributed by atoms with E-state index in [0.29, 0.717) is 19.0 Å². The third-order valence-electron chi connectivity index (χ3n) is 2.81. The number of anilines is 1. The van der Waals surface area contributed by atoms with Crippen molar-refractivity contribution in [1.82, 2.24) is 4.90 Å². The summed E-state index contributed by atoms with van der Waals surface area (Å²) in [6.45, 7) is 5.64. The van der Waals surface area contributed by atoms with Crippen molar-refractivity contribution in [3.8, 4) is 0 Å². The summed E-state index contributed by atoms with van der Waals surface area (Å²) < 4.78 is 31.4. The van der Waals surface area contributed by atoms with Gasteiger partial charge in [-0.05, 0) is 39.3 Å². The fraction of sp³-hybridized carbons (Fsp3) is 0.500. The Hall–Kier alpha value is -2.18. The Morgan fingerprint density at radius 3 is 2.48 bits per heavy atom. The van der Waals surface area contributed by atoms with Crippen LogP contribution in [0.15, 0.2) is 18.2 Å². The molecule has 0 spiro atoms. The van der Waals surface area contributed by atoms with Crippen molar-refractivity contribution in [2.45, 2.75) is 39.2 Å². The van der Waals surface area contributed by atoms with E-state index in [1.165, 1.54) is 11.9 Å².